The molecule has 0 saturated heterocycles. The van der Waals surface area contributed by atoms with Crippen molar-refractivity contribution in [2.24, 2.45) is 5.73 Å². The Morgan fingerprint density at radius 3 is 2.92 bits per heavy atom. The summed E-state index contributed by atoms with van der Waals surface area (Å²) in [4.78, 5) is 21.0. The van der Waals surface area contributed by atoms with Crippen LogP contribution in [0.25, 0.3) is 0 Å². The van der Waals surface area contributed by atoms with Gasteiger partial charge in [-0.15, -0.1) is 5.10 Å². The van der Waals surface area contributed by atoms with Gasteiger partial charge in [0.15, 0.2) is 5.82 Å². The first-order valence-electron chi connectivity index (χ1n) is 3.54. The summed E-state index contributed by atoms with van der Waals surface area (Å²) in [6.07, 6.45) is 1.42. The van der Waals surface area contributed by atoms with Crippen LogP contribution in [0.15, 0.2) is 6.20 Å². The lowest BCUT2D eigenvalue weighted by atomic mass is 10.6. The number of carbonyl (C=O) groups excluding carboxylic acids is 2. The first-order valence-corrected chi connectivity index (χ1v) is 3.54. The van der Waals surface area contributed by atoms with Crippen LogP contribution in [0, 0.1) is 0 Å². The Kier molecular flexibility index (Phi) is 2.58. The Morgan fingerprint density at radius 1 is 1.69 bits per heavy atom. The van der Waals surface area contributed by atoms with E-state index in [1.807, 2.05) is 0 Å². The van der Waals surface area contributed by atoms with Crippen LogP contribution in [0.5, 0.6) is 0 Å². The van der Waals surface area contributed by atoms with Crippen molar-refractivity contribution in [1.29, 1.82) is 0 Å². The van der Waals surface area contributed by atoms with Gasteiger partial charge in [-0.2, -0.15) is 0 Å². The minimum atomic E-state index is -0.515. The van der Waals surface area contributed by atoms with Gasteiger partial charge >= 0.3 is 0 Å². The Bertz CT molecular complexity index is 301. The minimum Gasteiger partial charge on any atom is -0.368 e. The molecule has 0 aliphatic rings. The van der Waals surface area contributed by atoms with Gasteiger partial charge in [0.1, 0.15) is 6.54 Å². The van der Waals surface area contributed by atoms with E-state index in [1.54, 1.807) is 0 Å². The topological polar surface area (TPSA) is 103 Å². The van der Waals surface area contributed by atoms with Gasteiger partial charge in [-0.05, 0) is 0 Å². The van der Waals surface area contributed by atoms with Crippen LogP contribution in [-0.2, 0) is 16.1 Å². The number of primary amides is 1. The average molecular weight is 183 g/mol. The van der Waals surface area contributed by atoms with Gasteiger partial charge in [0.05, 0.1) is 6.20 Å². The van der Waals surface area contributed by atoms with Gasteiger partial charge in [-0.25, -0.2) is 4.68 Å². The molecule has 0 atom stereocenters. The molecule has 70 valence electrons. The highest BCUT2D eigenvalue weighted by Crippen LogP contribution is 1.98. The summed E-state index contributed by atoms with van der Waals surface area (Å²) in [5.41, 5.74) is 4.92. The second kappa shape index (κ2) is 3.65. The number of nitrogens with two attached hydrogens (primary N) is 1. The van der Waals surface area contributed by atoms with Crippen molar-refractivity contribution < 1.29 is 9.59 Å². The van der Waals surface area contributed by atoms with Gasteiger partial charge in [-0.1, -0.05) is 5.21 Å². The quantitative estimate of drug-likeness (QED) is 0.609. The van der Waals surface area contributed by atoms with Crippen molar-refractivity contribution >= 4 is 17.6 Å². The molecule has 0 aliphatic heterocycles. The number of aromatic nitrogens is 3. The molecule has 13 heavy (non-hydrogen) atoms. The molecule has 1 aromatic heterocycles. The number of nitrogens with one attached hydrogen (secondary N) is 1. The van der Waals surface area contributed by atoms with Crippen molar-refractivity contribution in [1.82, 2.24) is 15.0 Å². The van der Waals surface area contributed by atoms with Crippen molar-refractivity contribution in [3.05, 3.63) is 6.20 Å². The fourth-order valence-electron chi connectivity index (χ4n) is 0.773. The summed E-state index contributed by atoms with van der Waals surface area (Å²) < 4.78 is 1.24. The SMILES string of the molecule is CC(=O)Nc1cn(CC(N)=O)nn1. The maximum absolute atomic E-state index is 10.6. The Balaban J connectivity index is 2.63. The summed E-state index contributed by atoms with van der Waals surface area (Å²) >= 11 is 0. The number of rotatable bonds is 3. The summed E-state index contributed by atoms with van der Waals surface area (Å²) in [7, 11) is 0. The molecule has 0 saturated carbocycles. The van der Waals surface area contributed by atoms with E-state index in [4.69, 9.17) is 5.73 Å². The number of nitrogens with zero attached hydrogens (tertiary/aromatic N) is 3. The lowest BCUT2D eigenvalue weighted by molar-refractivity contribution is -0.118. The second-order valence-electron chi connectivity index (χ2n) is 2.45. The second-order valence-corrected chi connectivity index (χ2v) is 2.45. The number of hydrogen-bond donors (Lipinski definition) is 2. The molecule has 7 heteroatoms. The molecule has 0 bridgehead atoms. The fraction of sp³-hybridized carbons (Fsp3) is 0.333. The van der Waals surface area contributed by atoms with E-state index in [9.17, 15) is 9.59 Å². The zero-order chi connectivity index (χ0) is 9.84. The van der Waals surface area contributed by atoms with E-state index < -0.39 is 5.91 Å². The molecule has 0 spiro atoms. The number of carbonyl (C=O) groups is 2. The molecular formula is C6H9N5O2. The van der Waals surface area contributed by atoms with Crippen LogP contribution in [0.1, 0.15) is 6.92 Å². The molecule has 3 N–H and O–H groups in total. The first kappa shape index (κ1) is 9.17. The zero-order valence-electron chi connectivity index (χ0n) is 7.02. The monoisotopic (exact) mass is 183 g/mol. The third-order valence-corrected chi connectivity index (χ3v) is 1.16. The van der Waals surface area contributed by atoms with E-state index in [0.717, 1.165) is 0 Å². The highest BCUT2D eigenvalue weighted by atomic mass is 16.2. The normalized spacial score (nSPS) is 9.62. The van der Waals surface area contributed by atoms with Crippen LogP contribution < -0.4 is 11.1 Å². The van der Waals surface area contributed by atoms with Crippen molar-refractivity contribution in [2.45, 2.75) is 13.5 Å². The first-order chi connectivity index (χ1) is 6.08. The molecule has 1 aromatic rings. The number of amides is 2. The summed E-state index contributed by atoms with van der Waals surface area (Å²) in [6.45, 7) is 1.31. The predicted molar refractivity (Wildman–Crippen MR) is 43.5 cm³/mol. The van der Waals surface area contributed by atoms with Gasteiger partial charge in [0.2, 0.25) is 11.8 Å². The van der Waals surface area contributed by atoms with Gasteiger partial charge < -0.3 is 11.1 Å². The van der Waals surface area contributed by atoms with Crippen molar-refractivity contribution in [2.75, 3.05) is 5.32 Å². The average Bonchev–Trinajstić information content (AvgIpc) is 2.33. The molecule has 0 aliphatic carbocycles. The number of anilines is 1. The molecule has 0 radical (unpaired) electrons. The van der Waals surface area contributed by atoms with Crippen LogP contribution in [-0.4, -0.2) is 26.8 Å². The smallest absolute Gasteiger partial charge is 0.239 e. The standard InChI is InChI=1S/C6H9N5O2/c1-4(12)8-6-3-11(10-9-6)2-5(7)13/h3H,2H2,1H3,(H2,7,13)(H,8,12). The molecule has 0 fully saturated rings. The predicted octanol–water partition coefficient (Wildman–Crippen LogP) is -1.28. The van der Waals surface area contributed by atoms with Gasteiger partial charge in [0, 0.05) is 6.92 Å². The van der Waals surface area contributed by atoms with E-state index in [2.05, 4.69) is 15.6 Å². The van der Waals surface area contributed by atoms with Gasteiger partial charge in [-0.3, -0.25) is 9.59 Å². The van der Waals surface area contributed by atoms with Crippen LogP contribution in [0.3, 0.4) is 0 Å². The lowest BCUT2D eigenvalue weighted by Crippen LogP contribution is -2.18. The third-order valence-electron chi connectivity index (χ3n) is 1.16. The van der Waals surface area contributed by atoms with E-state index in [-0.39, 0.29) is 12.5 Å². The van der Waals surface area contributed by atoms with Crippen LogP contribution >= 0.6 is 0 Å². The molecule has 7 nitrogen and oxygen atoms in total. The fourth-order valence-corrected chi connectivity index (χ4v) is 0.773. The summed E-state index contributed by atoms with van der Waals surface area (Å²) in [5, 5.41) is 9.56. The zero-order valence-corrected chi connectivity index (χ0v) is 7.02. The Hall–Kier alpha value is -1.92. The molecule has 0 aromatic carbocycles. The minimum absolute atomic E-state index is 0.0490. The van der Waals surface area contributed by atoms with Crippen LogP contribution in [0.4, 0.5) is 5.82 Å². The highest BCUT2D eigenvalue weighted by molar-refractivity contribution is 5.87. The highest BCUT2D eigenvalue weighted by Gasteiger charge is 2.03. The molecule has 0 unspecified atom stereocenters. The molecular weight excluding hydrogens is 174 g/mol. The largest absolute Gasteiger partial charge is 0.368 e. The van der Waals surface area contributed by atoms with Crippen LogP contribution in [0.2, 0.25) is 0 Å². The summed E-state index contributed by atoms with van der Waals surface area (Å²) in [6, 6.07) is 0. The molecule has 1 heterocycles. The summed E-state index contributed by atoms with van der Waals surface area (Å²) in [5.74, 6) is -0.459. The van der Waals surface area contributed by atoms with E-state index in [1.165, 1.54) is 17.8 Å². The lowest BCUT2D eigenvalue weighted by Gasteiger charge is -1.93. The van der Waals surface area contributed by atoms with E-state index >= 15 is 0 Å². The maximum atomic E-state index is 10.6. The van der Waals surface area contributed by atoms with E-state index in [0.29, 0.717) is 5.82 Å². The maximum Gasteiger partial charge on any atom is 0.239 e. The third kappa shape index (κ3) is 2.89. The Morgan fingerprint density at radius 2 is 2.38 bits per heavy atom. The molecule has 2 amide bonds. The Labute approximate surface area is 73.9 Å². The van der Waals surface area contributed by atoms with Crippen molar-refractivity contribution in [3.63, 3.8) is 0 Å². The van der Waals surface area contributed by atoms with Crippen molar-refractivity contribution in [3.8, 4) is 0 Å². The molecule has 1 rings (SSSR count). The van der Waals surface area contributed by atoms with Gasteiger partial charge in [0.25, 0.3) is 0 Å². The number of hydrogen-bond acceptors (Lipinski definition) is 4.